The van der Waals surface area contributed by atoms with Crippen LogP contribution in [-0.2, 0) is 0 Å². The van der Waals surface area contributed by atoms with Crippen LogP contribution in [0.3, 0.4) is 0 Å². The fraction of sp³-hybridized carbons (Fsp3) is 0.632. The number of rotatable bonds is 11. The first-order valence-electron chi connectivity index (χ1n) is 9.77. The van der Waals surface area contributed by atoms with E-state index in [1.165, 1.54) is 19.2 Å². The summed E-state index contributed by atoms with van der Waals surface area (Å²) in [5, 5.41) is 11.7. The number of nitrogens with two attached hydrogens (primary N) is 1. The van der Waals surface area contributed by atoms with Gasteiger partial charge in [-0.15, -0.1) is 23.5 Å². The molecule has 1 aromatic rings. The summed E-state index contributed by atoms with van der Waals surface area (Å²) in [4.78, 5) is 26.0. The summed E-state index contributed by atoms with van der Waals surface area (Å²) in [5.74, 6) is 1.99. The van der Waals surface area contributed by atoms with Crippen molar-refractivity contribution in [2.75, 3.05) is 31.8 Å². The molecule has 0 aromatic heterocycles. The molecule has 2 N–H and O–H groups in total. The minimum atomic E-state index is -0.558. The van der Waals surface area contributed by atoms with E-state index in [0.717, 1.165) is 24.3 Å². The highest BCUT2D eigenvalue weighted by Crippen LogP contribution is 2.39. The van der Waals surface area contributed by atoms with Gasteiger partial charge in [0.15, 0.2) is 11.5 Å². The SMILES string of the molecule is CCSC(SCC)[C@@H]1CCCN1C(=O)c1cc(OC)c(OCC(N)Br)cc1[N+](=O)[O-]. The van der Waals surface area contributed by atoms with Gasteiger partial charge in [0.1, 0.15) is 12.2 Å². The van der Waals surface area contributed by atoms with E-state index in [-0.39, 0.29) is 45.9 Å². The topological polar surface area (TPSA) is 108 Å². The van der Waals surface area contributed by atoms with Gasteiger partial charge in [-0.1, -0.05) is 29.8 Å². The number of nitro groups is 1. The smallest absolute Gasteiger partial charge is 0.286 e. The molecule has 1 aromatic carbocycles. The molecule has 0 spiro atoms. The molecule has 2 atom stereocenters. The zero-order valence-corrected chi connectivity index (χ0v) is 20.6. The number of ether oxygens (including phenoxy) is 2. The van der Waals surface area contributed by atoms with E-state index in [1.54, 1.807) is 4.90 Å². The molecule has 8 nitrogen and oxygen atoms in total. The molecule has 1 amide bonds. The summed E-state index contributed by atoms with van der Waals surface area (Å²) in [5.41, 5.74) is 5.35. The van der Waals surface area contributed by atoms with Gasteiger partial charge in [0.2, 0.25) is 0 Å². The molecule has 1 aliphatic heterocycles. The third-order valence-electron chi connectivity index (χ3n) is 4.64. The van der Waals surface area contributed by atoms with E-state index < -0.39 is 9.87 Å². The van der Waals surface area contributed by atoms with Gasteiger partial charge < -0.3 is 20.1 Å². The molecule has 30 heavy (non-hydrogen) atoms. The highest BCUT2D eigenvalue weighted by molar-refractivity contribution is 9.09. The summed E-state index contributed by atoms with van der Waals surface area (Å²) in [6.07, 6.45) is 1.78. The molecule has 168 valence electrons. The first-order chi connectivity index (χ1) is 14.3. The summed E-state index contributed by atoms with van der Waals surface area (Å²) >= 11 is 6.80. The maximum Gasteiger partial charge on any atom is 0.286 e. The molecule has 0 radical (unpaired) electrons. The van der Waals surface area contributed by atoms with E-state index >= 15 is 0 Å². The molecule has 1 aliphatic rings. The quantitative estimate of drug-likeness (QED) is 0.152. The molecular weight excluding hydrogens is 494 g/mol. The van der Waals surface area contributed by atoms with Crippen LogP contribution in [0.1, 0.15) is 37.0 Å². The van der Waals surface area contributed by atoms with E-state index in [4.69, 9.17) is 15.2 Å². The third-order valence-corrected chi connectivity index (χ3v) is 7.68. The highest BCUT2D eigenvalue weighted by atomic mass is 79.9. The second-order valence-corrected chi connectivity index (χ2v) is 10.9. The summed E-state index contributed by atoms with van der Waals surface area (Å²) in [7, 11) is 1.43. The fourth-order valence-electron chi connectivity index (χ4n) is 3.39. The van der Waals surface area contributed by atoms with Gasteiger partial charge >= 0.3 is 0 Å². The minimum Gasteiger partial charge on any atom is -0.493 e. The Labute approximate surface area is 193 Å². The van der Waals surface area contributed by atoms with Crippen LogP contribution < -0.4 is 15.2 Å². The van der Waals surface area contributed by atoms with Crippen molar-refractivity contribution >= 4 is 51.0 Å². The summed E-state index contributed by atoms with van der Waals surface area (Å²) in [6.45, 7) is 4.88. The highest BCUT2D eigenvalue weighted by Gasteiger charge is 2.38. The second kappa shape index (κ2) is 12.0. The van der Waals surface area contributed by atoms with Gasteiger partial charge in [-0.3, -0.25) is 14.9 Å². The second-order valence-electron chi connectivity index (χ2n) is 6.59. The summed E-state index contributed by atoms with van der Waals surface area (Å²) < 4.78 is 11.1. The monoisotopic (exact) mass is 521 g/mol. The van der Waals surface area contributed by atoms with Crippen LogP contribution >= 0.6 is 39.5 Å². The van der Waals surface area contributed by atoms with Crippen LogP contribution in [-0.4, -0.2) is 63.1 Å². The van der Waals surface area contributed by atoms with Gasteiger partial charge in [-0.2, -0.15) is 0 Å². The number of carbonyl (C=O) groups excluding carboxylic acids is 1. The van der Waals surface area contributed by atoms with Crippen LogP contribution in [0.5, 0.6) is 11.5 Å². The maximum absolute atomic E-state index is 13.4. The zero-order valence-electron chi connectivity index (χ0n) is 17.3. The number of halogens is 1. The Bertz CT molecular complexity index is 747. The van der Waals surface area contributed by atoms with Gasteiger partial charge in [-0.25, -0.2) is 0 Å². The predicted octanol–water partition coefficient (Wildman–Crippen LogP) is 4.10. The van der Waals surface area contributed by atoms with Crippen molar-refractivity contribution in [3.63, 3.8) is 0 Å². The Morgan fingerprint density at radius 2 is 2.03 bits per heavy atom. The van der Waals surface area contributed by atoms with E-state index in [1.807, 2.05) is 23.5 Å². The Morgan fingerprint density at radius 1 is 1.37 bits per heavy atom. The molecule has 0 bridgehead atoms. The van der Waals surface area contributed by atoms with Gasteiger partial charge in [0.25, 0.3) is 11.6 Å². The molecule has 1 heterocycles. The number of thioether (sulfide) groups is 2. The average molecular weight is 522 g/mol. The lowest BCUT2D eigenvalue weighted by Gasteiger charge is -2.31. The Kier molecular flexibility index (Phi) is 10.1. The van der Waals surface area contributed by atoms with Crippen molar-refractivity contribution < 1.29 is 19.2 Å². The maximum atomic E-state index is 13.4. The molecule has 0 saturated carbocycles. The molecule has 1 unspecified atom stereocenters. The van der Waals surface area contributed by atoms with Gasteiger partial charge in [-0.05, 0) is 24.3 Å². The standard InChI is InChI=1S/C19H28BrN3O5S2/c1-4-29-19(30-5-2)13-7-6-8-22(13)18(24)12-9-15(27-3)16(28-11-17(20)21)10-14(12)23(25)26/h9-10,13,17,19H,4-8,11,21H2,1-3H3/t13-,17?/m0/s1. The number of nitrogens with zero attached hydrogens (tertiary/aromatic N) is 2. The molecule has 11 heteroatoms. The van der Waals surface area contributed by atoms with Gasteiger partial charge in [0, 0.05) is 12.6 Å². The average Bonchev–Trinajstić information content (AvgIpc) is 3.20. The number of carbonyl (C=O) groups is 1. The number of hydrogen-bond donors (Lipinski definition) is 1. The van der Waals surface area contributed by atoms with E-state index in [2.05, 4.69) is 29.8 Å². The van der Waals surface area contributed by atoms with Crippen LogP contribution in [0.15, 0.2) is 12.1 Å². The van der Waals surface area contributed by atoms with Crippen molar-refractivity contribution in [1.29, 1.82) is 0 Å². The van der Waals surface area contributed by atoms with Crippen LogP contribution in [0, 0.1) is 10.1 Å². The van der Waals surface area contributed by atoms with E-state index in [9.17, 15) is 14.9 Å². The normalized spacial score (nSPS) is 17.3. The number of methoxy groups -OCH3 is 1. The lowest BCUT2D eigenvalue weighted by molar-refractivity contribution is -0.385. The van der Waals surface area contributed by atoms with Crippen LogP contribution in [0.25, 0.3) is 0 Å². The number of amides is 1. The van der Waals surface area contributed by atoms with Gasteiger partial charge in [0.05, 0.1) is 33.7 Å². The lowest BCUT2D eigenvalue weighted by atomic mass is 10.1. The summed E-state index contributed by atoms with van der Waals surface area (Å²) in [6, 6.07) is 2.69. The molecular formula is C19H28BrN3O5S2. The number of alkyl halides is 1. The lowest BCUT2D eigenvalue weighted by Crippen LogP contribution is -2.41. The van der Waals surface area contributed by atoms with Crippen LogP contribution in [0.4, 0.5) is 5.69 Å². The number of likely N-dealkylation sites (tertiary alicyclic amines) is 1. The van der Waals surface area contributed by atoms with Crippen molar-refractivity contribution in [2.45, 2.75) is 42.3 Å². The Hall–Kier alpha value is -1.17. The molecule has 1 fully saturated rings. The van der Waals surface area contributed by atoms with Crippen LogP contribution in [0.2, 0.25) is 0 Å². The first-order valence-corrected chi connectivity index (χ1v) is 12.8. The zero-order chi connectivity index (χ0) is 22.3. The molecule has 1 saturated heterocycles. The van der Waals surface area contributed by atoms with Crippen molar-refractivity contribution in [3.05, 3.63) is 27.8 Å². The largest absolute Gasteiger partial charge is 0.493 e. The first kappa shape index (κ1) is 25.1. The van der Waals surface area contributed by atoms with Crippen molar-refractivity contribution in [2.24, 2.45) is 5.73 Å². The van der Waals surface area contributed by atoms with E-state index in [0.29, 0.717) is 6.54 Å². The number of nitro benzene ring substituents is 1. The predicted molar refractivity (Wildman–Crippen MR) is 126 cm³/mol. The third kappa shape index (κ3) is 6.18. The minimum absolute atomic E-state index is 0.0148. The Morgan fingerprint density at radius 3 is 2.57 bits per heavy atom. The van der Waals surface area contributed by atoms with Crippen molar-refractivity contribution in [1.82, 2.24) is 4.90 Å². The number of hydrogen-bond acceptors (Lipinski definition) is 8. The molecule has 0 aliphatic carbocycles. The van der Waals surface area contributed by atoms with Crippen molar-refractivity contribution in [3.8, 4) is 11.5 Å². The Balaban J connectivity index is 2.40. The molecule has 2 rings (SSSR count). The fourth-order valence-corrected chi connectivity index (χ4v) is 6.40. The number of benzene rings is 1.